The second-order valence-corrected chi connectivity index (χ2v) is 14.0. The first-order valence-corrected chi connectivity index (χ1v) is 18.0. The first kappa shape index (κ1) is 41.0. The van der Waals surface area contributed by atoms with Gasteiger partial charge in [0.05, 0.1) is 31.2 Å². The Kier molecular flexibility index (Phi) is 17.0. The topological polar surface area (TPSA) is 196 Å². The Bertz CT molecular complexity index is 1550. The van der Waals surface area contributed by atoms with E-state index in [2.05, 4.69) is 26.3 Å². The molecular formula is C39H56N6O6. The number of amides is 4. The quantitative estimate of drug-likeness (QED) is 0.0822. The summed E-state index contributed by atoms with van der Waals surface area (Å²) in [6.45, 7) is 8.04. The average Bonchev–Trinajstić information content (AvgIpc) is 3.10. The molecule has 0 spiro atoms. The summed E-state index contributed by atoms with van der Waals surface area (Å²) in [5, 5.41) is 34.3. The monoisotopic (exact) mass is 704 g/mol. The van der Waals surface area contributed by atoms with Crippen molar-refractivity contribution >= 4 is 34.4 Å². The molecule has 8 N–H and O–H groups in total. The number of aromatic nitrogens is 1. The third-order valence-electron chi connectivity index (χ3n) is 8.71. The first-order valence-electron chi connectivity index (χ1n) is 18.0. The molecule has 12 heteroatoms. The van der Waals surface area contributed by atoms with Crippen LogP contribution in [-0.4, -0.2) is 82.2 Å². The van der Waals surface area contributed by atoms with Gasteiger partial charge in [-0.25, -0.2) is 0 Å². The van der Waals surface area contributed by atoms with Crippen molar-refractivity contribution in [1.29, 1.82) is 0 Å². The minimum Gasteiger partial charge on any atom is -0.394 e. The van der Waals surface area contributed by atoms with Crippen LogP contribution in [0.5, 0.6) is 0 Å². The molecule has 0 unspecified atom stereocenters. The van der Waals surface area contributed by atoms with E-state index in [-0.39, 0.29) is 31.3 Å². The van der Waals surface area contributed by atoms with E-state index in [1.165, 1.54) is 12.4 Å². The van der Waals surface area contributed by atoms with Crippen molar-refractivity contribution in [2.45, 2.75) is 103 Å². The maximum Gasteiger partial charge on any atom is 0.252 e. The van der Waals surface area contributed by atoms with Gasteiger partial charge in [0.2, 0.25) is 17.7 Å². The Labute approximate surface area is 301 Å². The zero-order chi connectivity index (χ0) is 37.3. The number of nitrogens with zero attached hydrogens (tertiary/aromatic N) is 1. The van der Waals surface area contributed by atoms with Gasteiger partial charge in [-0.2, -0.15) is 0 Å². The number of rotatable bonds is 21. The summed E-state index contributed by atoms with van der Waals surface area (Å²) in [6, 6.07) is 13.5. The highest BCUT2D eigenvalue weighted by Gasteiger charge is 2.32. The zero-order valence-corrected chi connectivity index (χ0v) is 30.3. The number of pyridine rings is 1. The minimum absolute atomic E-state index is 0.0120. The maximum atomic E-state index is 14.1. The number of carbonyl (C=O) groups is 4. The van der Waals surface area contributed by atoms with E-state index in [0.29, 0.717) is 31.4 Å². The van der Waals surface area contributed by atoms with Gasteiger partial charge < -0.3 is 37.2 Å². The fourth-order valence-electron chi connectivity index (χ4n) is 6.09. The summed E-state index contributed by atoms with van der Waals surface area (Å²) < 4.78 is 0. The van der Waals surface area contributed by atoms with Gasteiger partial charge in [-0.15, -0.1) is 0 Å². The van der Waals surface area contributed by atoms with Crippen LogP contribution in [-0.2, 0) is 20.8 Å². The fraction of sp³-hybridized carbons (Fsp3) is 0.513. The van der Waals surface area contributed by atoms with E-state index in [1.807, 2.05) is 70.2 Å². The van der Waals surface area contributed by atoms with Gasteiger partial charge in [-0.05, 0) is 72.5 Å². The van der Waals surface area contributed by atoms with Gasteiger partial charge in [0.25, 0.3) is 5.91 Å². The molecule has 1 aromatic heterocycles. The van der Waals surface area contributed by atoms with Crippen molar-refractivity contribution in [3.8, 4) is 0 Å². The summed E-state index contributed by atoms with van der Waals surface area (Å²) >= 11 is 0. The first-order chi connectivity index (χ1) is 24.4. The van der Waals surface area contributed by atoms with Crippen LogP contribution in [0.4, 0.5) is 0 Å². The SMILES string of the molecule is CC(C)C[C@H](NC(=O)[C@H](Cc1cccc2ccccc12)NC(=O)c1ccncc1)C(=O)N[C@@H](CC(C)C)[C@@H](O)CC(=O)N[C@H](CO)CCCCN. The molecule has 1 heterocycles. The molecule has 0 radical (unpaired) electrons. The zero-order valence-electron chi connectivity index (χ0n) is 30.3. The normalized spacial score (nSPS) is 14.4. The number of nitrogens with two attached hydrogens (primary N) is 1. The van der Waals surface area contributed by atoms with Gasteiger partial charge >= 0.3 is 0 Å². The molecular weight excluding hydrogens is 648 g/mol. The highest BCUT2D eigenvalue weighted by molar-refractivity contribution is 5.98. The van der Waals surface area contributed by atoms with E-state index in [9.17, 15) is 29.4 Å². The summed E-state index contributed by atoms with van der Waals surface area (Å²) in [5.41, 5.74) is 6.75. The molecule has 4 amide bonds. The van der Waals surface area contributed by atoms with Crippen LogP contribution in [0.3, 0.4) is 0 Å². The van der Waals surface area contributed by atoms with Gasteiger partial charge in [0.1, 0.15) is 12.1 Å². The van der Waals surface area contributed by atoms with Gasteiger partial charge in [0, 0.05) is 24.4 Å². The molecule has 0 aliphatic rings. The number of fused-ring (bicyclic) bond motifs is 1. The Morgan fingerprint density at radius 2 is 1.45 bits per heavy atom. The van der Waals surface area contributed by atoms with Gasteiger partial charge in [-0.1, -0.05) is 76.6 Å². The maximum absolute atomic E-state index is 14.1. The van der Waals surface area contributed by atoms with Crippen molar-refractivity contribution in [2.75, 3.05) is 13.2 Å². The molecule has 3 rings (SSSR count). The lowest BCUT2D eigenvalue weighted by Gasteiger charge is -2.30. The third-order valence-corrected chi connectivity index (χ3v) is 8.71. The third kappa shape index (κ3) is 13.7. The number of carbonyl (C=O) groups excluding carboxylic acids is 4. The van der Waals surface area contributed by atoms with Gasteiger partial charge in [-0.3, -0.25) is 24.2 Å². The molecule has 3 aromatic rings. The van der Waals surface area contributed by atoms with E-state index < -0.39 is 53.9 Å². The predicted molar refractivity (Wildman–Crippen MR) is 198 cm³/mol. The Morgan fingerprint density at radius 1 is 0.784 bits per heavy atom. The molecule has 0 saturated heterocycles. The van der Waals surface area contributed by atoms with Crippen molar-refractivity contribution in [2.24, 2.45) is 17.6 Å². The second kappa shape index (κ2) is 21.1. The lowest BCUT2D eigenvalue weighted by atomic mass is 9.95. The van der Waals surface area contributed by atoms with E-state index in [0.717, 1.165) is 29.2 Å². The number of nitrogens with one attached hydrogen (secondary N) is 4. The smallest absolute Gasteiger partial charge is 0.252 e. The van der Waals surface area contributed by atoms with Crippen molar-refractivity contribution < 1.29 is 29.4 Å². The highest BCUT2D eigenvalue weighted by Crippen LogP contribution is 2.21. The standard InChI is InChI=1S/C39H56N6O6/c1-25(2)20-32(35(47)23-36(48)42-30(24-46)13-7-8-17-40)43-38(50)33(21-26(3)4)45-39(51)34(44-37(49)28-15-18-41-19-16-28)22-29-12-9-11-27-10-5-6-14-31(27)29/h5-6,9-12,14-16,18-19,25-26,30,32-35,46-47H,7-8,13,17,20-24,40H2,1-4H3,(H,42,48)(H,43,50)(H,44,49)(H,45,51)/t30-,32-,33-,34-,35-/m0/s1. The lowest BCUT2D eigenvalue weighted by Crippen LogP contribution is -2.57. The molecule has 0 fully saturated rings. The van der Waals surface area contributed by atoms with Crippen LogP contribution in [0.1, 0.15) is 82.1 Å². The summed E-state index contributed by atoms with van der Waals surface area (Å²) in [4.78, 5) is 58.1. The van der Waals surface area contributed by atoms with E-state index in [4.69, 9.17) is 5.73 Å². The molecule has 278 valence electrons. The van der Waals surface area contributed by atoms with Crippen molar-refractivity contribution in [3.63, 3.8) is 0 Å². The number of aliphatic hydroxyl groups excluding tert-OH is 2. The lowest BCUT2D eigenvalue weighted by molar-refractivity contribution is -0.131. The Hall–Kier alpha value is -4.39. The molecule has 0 aliphatic carbocycles. The molecule has 5 atom stereocenters. The number of hydrogen-bond donors (Lipinski definition) is 7. The van der Waals surface area contributed by atoms with Gasteiger partial charge in [0.15, 0.2) is 0 Å². The van der Waals surface area contributed by atoms with Crippen LogP contribution >= 0.6 is 0 Å². The van der Waals surface area contributed by atoms with Crippen LogP contribution in [0.15, 0.2) is 67.0 Å². The number of unbranched alkanes of at least 4 members (excludes halogenated alkanes) is 1. The molecule has 2 aromatic carbocycles. The number of aliphatic hydroxyl groups is 2. The highest BCUT2D eigenvalue weighted by atomic mass is 16.3. The Balaban J connectivity index is 1.80. The molecule has 0 bridgehead atoms. The Morgan fingerprint density at radius 3 is 2.12 bits per heavy atom. The van der Waals surface area contributed by atoms with Crippen LogP contribution in [0.2, 0.25) is 0 Å². The molecule has 0 saturated carbocycles. The van der Waals surface area contributed by atoms with Crippen molar-refractivity contribution in [3.05, 3.63) is 78.1 Å². The molecule has 51 heavy (non-hydrogen) atoms. The molecule has 12 nitrogen and oxygen atoms in total. The summed E-state index contributed by atoms with van der Waals surface area (Å²) in [5.74, 6) is -1.84. The van der Waals surface area contributed by atoms with Crippen LogP contribution < -0.4 is 27.0 Å². The van der Waals surface area contributed by atoms with E-state index >= 15 is 0 Å². The number of benzene rings is 2. The van der Waals surface area contributed by atoms with Crippen LogP contribution in [0, 0.1) is 11.8 Å². The van der Waals surface area contributed by atoms with Crippen molar-refractivity contribution in [1.82, 2.24) is 26.3 Å². The predicted octanol–water partition coefficient (Wildman–Crippen LogP) is 2.99. The molecule has 0 aliphatic heterocycles. The summed E-state index contributed by atoms with van der Waals surface area (Å²) in [6.07, 6.45) is 4.43. The minimum atomic E-state index is -1.21. The van der Waals surface area contributed by atoms with Crippen LogP contribution in [0.25, 0.3) is 10.8 Å². The number of hydrogen-bond acceptors (Lipinski definition) is 8. The summed E-state index contributed by atoms with van der Waals surface area (Å²) in [7, 11) is 0. The largest absolute Gasteiger partial charge is 0.394 e. The fourth-order valence-corrected chi connectivity index (χ4v) is 6.09. The average molecular weight is 705 g/mol. The second-order valence-electron chi connectivity index (χ2n) is 14.0. The van der Waals surface area contributed by atoms with E-state index in [1.54, 1.807) is 12.1 Å².